The number of hydrogen-bond acceptors (Lipinski definition) is 5. The number of β-amino-alcohol motifs (C(OH)–C–C–N with tert-alkyl or cyclic N) is 1. The van der Waals surface area contributed by atoms with Crippen molar-refractivity contribution in [2.75, 3.05) is 65.6 Å². The molecule has 0 aromatic heterocycles. The summed E-state index contributed by atoms with van der Waals surface area (Å²) in [6.45, 7) is 9.80. The number of aliphatic hydroxyl groups is 1. The first-order valence-corrected chi connectivity index (χ1v) is 7.76. The average Bonchev–Trinajstić information content (AvgIpc) is 3.25. The Morgan fingerprint density at radius 1 is 0.895 bits per heavy atom. The maximum atomic E-state index is 10.2. The minimum absolute atomic E-state index is 0.217. The molecule has 0 amide bonds. The molecule has 110 valence electrons. The van der Waals surface area contributed by atoms with Crippen LogP contribution in [0.25, 0.3) is 0 Å². The van der Waals surface area contributed by atoms with Crippen molar-refractivity contribution in [2.45, 2.75) is 25.0 Å². The fraction of sp³-hybridized carbons (Fsp3) is 1.00. The molecule has 0 radical (unpaired) electrons. The molecular weight excluding hydrogens is 242 g/mol. The van der Waals surface area contributed by atoms with Gasteiger partial charge in [0.1, 0.15) is 0 Å². The van der Waals surface area contributed by atoms with Crippen molar-refractivity contribution in [3.63, 3.8) is 0 Å². The van der Waals surface area contributed by atoms with E-state index in [1.165, 1.54) is 25.9 Å². The molecule has 2 saturated heterocycles. The fourth-order valence-electron chi connectivity index (χ4n) is 3.19. The standard InChI is InChI=1S/C14H27N3O2/c18-14(12-16-7-9-19-10-8-16)11-15-3-5-17(6-4-15)13-1-2-13/h13-14,18H,1-12H2. The van der Waals surface area contributed by atoms with Gasteiger partial charge in [-0.15, -0.1) is 0 Å². The van der Waals surface area contributed by atoms with Gasteiger partial charge >= 0.3 is 0 Å². The third-order valence-electron chi connectivity index (χ3n) is 4.51. The number of piperazine rings is 1. The first-order valence-electron chi connectivity index (χ1n) is 7.76. The van der Waals surface area contributed by atoms with Crippen LogP contribution in [0.3, 0.4) is 0 Å². The average molecular weight is 269 g/mol. The second kappa shape index (κ2) is 6.50. The second-order valence-corrected chi connectivity index (χ2v) is 6.13. The molecule has 2 aliphatic heterocycles. The fourth-order valence-corrected chi connectivity index (χ4v) is 3.19. The SMILES string of the molecule is OC(CN1CCOCC1)CN1CCN(C2CC2)CC1. The normalized spacial score (nSPS) is 29.5. The maximum Gasteiger partial charge on any atom is 0.0793 e. The molecule has 3 rings (SSSR count). The van der Waals surface area contributed by atoms with Crippen molar-refractivity contribution >= 4 is 0 Å². The highest BCUT2D eigenvalue weighted by Crippen LogP contribution is 2.27. The molecule has 0 aromatic rings. The van der Waals surface area contributed by atoms with Gasteiger partial charge in [-0.3, -0.25) is 14.7 Å². The Kier molecular flexibility index (Phi) is 4.71. The monoisotopic (exact) mass is 269 g/mol. The summed E-state index contributed by atoms with van der Waals surface area (Å²) in [5.41, 5.74) is 0. The van der Waals surface area contributed by atoms with Crippen LogP contribution in [0.15, 0.2) is 0 Å². The lowest BCUT2D eigenvalue weighted by Gasteiger charge is -2.36. The number of rotatable bonds is 5. The van der Waals surface area contributed by atoms with E-state index in [0.717, 1.165) is 58.5 Å². The van der Waals surface area contributed by atoms with E-state index in [1.54, 1.807) is 0 Å². The van der Waals surface area contributed by atoms with Crippen molar-refractivity contribution < 1.29 is 9.84 Å². The number of aliphatic hydroxyl groups excluding tert-OH is 1. The minimum atomic E-state index is -0.217. The van der Waals surface area contributed by atoms with E-state index in [2.05, 4.69) is 14.7 Å². The summed E-state index contributed by atoms with van der Waals surface area (Å²) >= 11 is 0. The van der Waals surface area contributed by atoms with E-state index in [0.29, 0.717) is 0 Å². The molecule has 5 heteroatoms. The summed E-state index contributed by atoms with van der Waals surface area (Å²) < 4.78 is 5.33. The molecule has 0 aromatic carbocycles. The summed E-state index contributed by atoms with van der Waals surface area (Å²) in [6.07, 6.45) is 2.59. The van der Waals surface area contributed by atoms with Gasteiger partial charge in [0.05, 0.1) is 19.3 Å². The molecule has 1 unspecified atom stereocenters. The zero-order valence-corrected chi connectivity index (χ0v) is 11.8. The first kappa shape index (κ1) is 13.8. The molecule has 0 bridgehead atoms. The smallest absolute Gasteiger partial charge is 0.0793 e. The Hall–Kier alpha value is -0.200. The highest BCUT2D eigenvalue weighted by molar-refractivity contribution is 4.88. The zero-order valence-electron chi connectivity index (χ0n) is 11.8. The molecule has 5 nitrogen and oxygen atoms in total. The molecule has 2 heterocycles. The third kappa shape index (κ3) is 4.13. The van der Waals surface area contributed by atoms with Gasteiger partial charge in [-0.05, 0) is 12.8 Å². The van der Waals surface area contributed by atoms with Gasteiger partial charge in [0.15, 0.2) is 0 Å². The van der Waals surface area contributed by atoms with Crippen LogP contribution in [-0.2, 0) is 4.74 Å². The van der Waals surface area contributed by atoms with Gasteiger partial charge in [0.25, 0.3) is 0 Å². The van der Waals surface area contributed by atoms with Crippen molar-refractivity contribution in [1.29, 1.82) is 0 Å². The van der Waals surface area contributed by atoms with Gasteiger partial charge in [0.2, 0.25) is 0 Å². The summed E-state index contributed by atoms with van der Waals surface area (Å²) in [5.74, 6) is 0. The Balaban J connectivity index is 1.34. The molecule has 1 N–H and O–H groups in total. The maximum absolute atomic E-state index is 10.2. The molecule has 1 aliphatic carbocycles. The molecule has 0 spiro atoms. The lowest BCUT2D eigenvalue weighted by molar-refractivity contribution is 0.00218. The van der Waals surface area contributed by atoms with Crippen LogP contribution in [0.1, 0.15) is 12.8 Å². The van der Waals surface area contributed by atoms with E-state index in [4.69, 9.17) is 4.74 Å². The van der Waals surface area contributed by atoms with E-state index in [1.807, 2.05) is 0 Å². The van der Waals surface area contributed by atoms with Crippen LogP contribution in [0.5, 0.6) is 0 Å². The van der Waals surface area contributed by atoms with Crippen LogP contribution in [0, 0.1) is 0 Å². The summed E-state index contributed by atoms with van der Waals surface area (Å²) in [4.78, 5) is 7.35. The predicted octanol–water partition coefficient (Wildman–Crippen LogP) is -0.540. The van der Waals surface area contributed by atoms with Gasteiger partial charge in [0, 0.05) is 58.4 Å². The quantitative estimate of drug-likeness (QED) is 0.726. The van der Waals surface area contributed by atoms with E-state index in [-0.39, 0.29) is 6.10 Å². The molecule has 3 aliphatic rings. The molecular formula is C14H27N3O2. The van der Waals surface area contributed by atoms with Crippen LogP contribution >= 0.6 is 0 Å². The number of nitrogens with zero attached hydrogens (tertiary/aromatic N) is 3. The molecule has 1 atom stereocenters. The zero-order chi connectivity index (χ0) is 13.1. The Morgan fingerprint density at radius 2 is 1.47 bits per heavy atom. The second-order valence-electron chi connectivity index (χ2n) is 6.13. The van der Waals surface area contributed by atoms with Crippen molar-refractivity contribution in [1.82, 2.24) is 14.7 Å². The summed E-state index contributed by atoms with van der Waals surface area (Å²) in [7, 11) is 0. The van der Waals surface area contributed by atoms with Crippen molar-refractivity contribution in [2.24, 2.45) is 0 Å². The van der Waals surface area contributed by atoms with Gasteiger partial charge in [-0.1, -0.05) is 0 Å². The third-order valence-corrected chi connectivity index (χ3v) is 4.51. The van der Waals surface area contributed by atoms with Gasteiger partial charge in [-0.25, -0.2) is 0 Å². The highest BCUT2D eigenvalue weighted by atomic mass is 16.5. The molecule has 1 saturated carbocycles. The van der Waals surface area contributed by atoms with E-state index >= 15 is 0 Å². The van der Waals surface area contributed by atoms with E-state index in [9.17, 15) is 5.11 Å². The lowest BCUT2D eigenvalue weighted by Crippen LogP contribution is -2.51. The van der Waals surface area contributed by atoms with E-state index < -0.39 is 0 Å². The van der Waals surface area contributed by atoms with Crippen molar-refractivity contribution in [3.05, 3.63) is 0 Å². The topological polar surface area (TPSA) is 39.2 Å². The van der Waals surface area contributed by atoms with Gasteiger partial charge < -0.3 is 9.84 Å². The van der Waals surface area contributed by atoms with Crippen LogP contribution in [0.4, 0.5) is 0 Å². The summed E-state index contributed by atoms with van der Waals surface area (Å²) in [6, 6.07) is 0.889. The van der Waals surface area contributed by atoms with Crippen molar-refractivity contribution in [3.8, 4) is 0 Å². The molecule has 3 fully saturated rings. The highest BCUT2D eigenvalue weighted by Gasteiger charge is 2.31. The van der Waals surface area contributed by atoms with Gasteiger partial charge in [-0.2, -0.15) is 0 Å². The minimum Gasteiger partial charge on any atom is -0.390 e. The first-order chi connectivity index (χ1) is 9.31. The number of hydrogen-bond donors (Lipinski definition) is 1. The number of morpholine rings is 1. The predicted molar refractivity (Wildman–Crippen MR) is 74.3 cm³/mol. The lowest BCUT2D eigenvalue weighted by atomic mass is 10.2. The Morgan fingerprint density at radius 3 is 2.05 bits per heavy atom. The largest absolute Gasteiger partial charge is 0.390 e. The molecule has 19 heavy (non-hydrogen) atoms. The van der Waals surface area contributed by atoms with Crippen LogP contribution < -0.4 is 0 Å². The van der Waals surface area contributed by atoms with Crippen LogP contribution in [-0.4, -0.2) is 97.5 Å². The number of ether oxygens (including phenoxy) is 1. The van der Waals surface area contributed by atoms with Crippen LogP contribution in [0.2, 0.25) is 0 Å². The summed E-state index contributed by atoms with van der Waals surface area (Å²) in [5, 5.41) is 10.2. The Labute approximate surface area is 116 Å². The Bertz CT molecular complexity index is 272.